The molecular formula is C21H21F4NO2. The quantitative estimate of drug-likeness (QED) is 0.718. The molecule has 150 valence electrons. The van der Waals surface area contributed by atoms with Crippen molar-refractivity contribution >= 4 is 5.91 Å². The van der Waals surface area contributed by atoms with E-state index in [1.54, 1.807) is 19.1 Å². The van der Waals surface area contributed by atoms with E-state index < -0.39 is 12.1 Å². The molecule has 0 bridgehead atoms. The van der Waals surface area contributed by atoms with Crippen LogP contribution in [0.4, 0.5) is 17.6 Å². The maximum absolute atomic E-state index is 13.5. The molecule has 1 amide bonds. The van der Waals surface area contributed by atoms with Crippen molar-refractivity contribution < 1.29 is 27.1 Å². The Labute approximate surface area is 160 Å². The minimum absolute atomic E-state index is 0.00206. The molecule has 3 nitrogen and oxygen atoms in total. The van der Waals surface area contributed by atoms with Crippen molar-refractivity contribution in [3.05, 3.63) is 64.5 Å². The third kappa shape index (κ3) is 4.29. The highest BCUT2D eigenvalue weighted by Crippen LogP contribution is 2.34. The van der Waals surface area contributed by atoms with Crippen LogP contribution >= 0.6 is 0 Å². The summed E-state index contributed by atoms with van der Waals surface area (Å²) in [6, 6.07) is 9.98. The standard InChI is InChI=1S/C21H21F4NO2/c1-13-12-26(20(27)21(23,24)25)7-6-15-11-19(28-2)16(10-18(13)15)8-14-4-3-5-17(22)9-14/h3-5,9-11,13H,6-8,12H2,1-2H3/t13-/m1/s1. The van der Waals surface area contributed by atoms with Gasteiger partial charge in [0.2, 0.25) is 0 Å². The van der Waals surface area contributed by atoms with Crippen LogP contribution in [-0.4, -0.2) is 37.2 Å². The van der Waals surface area contributed by atoms with Gasteiger partial charge in [-0.15, -0.1) is 0 Å². The fraction of sp³-hybridized carbons (Fsp3) is 0.381. The maximum atomic E-state index is 13.5. The second-order valence-corrected chi connectivity index (χ2v) is 7.07. The number of rotatable bonds is 3. The molecule has 0 N–H and O–H groups in total. The molecule has 0 aromatic heterocycles. The van der Waals surface area contributed by atoms with Gasteiger partial charge in [0.05, 0.1) is 7.11 Å². The van der Waals surface area contributed by atoms with E-state index >= 15 is 0 Å². The summed E-state index contributed by atoms with van der Waals surface area (Å²) in [5.41, 5.74) is 3.36. The average Bonchev–Trinajstić information content (AvgIpc) is 2.79. The molecular weight excluding hydrogens is 374 g/mol. The second-order valence-electron chi connectivity index (χ2n) is 7.07. The summed E-state index contributed by atoms with van der Waals surface area (Å²) in [4.78, 5) is 12.5. The van der Waals surface area contributed by atoms with Gasteiger partial charge in [0.25, 0.3) is 0 Å². The van der Waals surface area contributed by atoms with Crippen LogP contribution in [0.1, 0.15) is 35.1 Å². The van der Waals surface area contributed by atoms with Gasteiger partial charge in [-0.1, -0.05) is 25.1 Å². The van der Waals surface area contributed by atoms with Gasteiger partial charge in [-0.2, -0.15) is 13.2 Å². The third-order valence-electron chi connectivity index (χ3n) is 5.03. The molecule has 1 aliphatic heterocycles. The summed E-state index contributed by atoms with van der Waals surface area (Å²) < 4.78 is 57.5. The summed E-state index contributed by atoms with van der Waals surface area (Å²) in [5, 5.41) is 0. The summed E-state index contributed by atoms with van der Waals surface area (Å²) in [7, 11) is 1.52. The van der Waals surface area contributed by atoms with Crippen LogP contribution in [0.2, 0.25) is 0 Å². The van der Waals surface area contributed by atoms with Crippen molar-refractivity contribution in [2.24, 2.45) is 0 Å². The minimum Gasteiger partial charge on any atom is -0.496 e. The highest BCUT2D eigenvalue weighted by atomic mass is 19.4. The molecule has 2 aromatic rings. The van der Waals surface area contributed by atoms with Crippen LogP contribution in [0, 0.1) is 5.82 Å². The zero-order valence-corrected chi connectivity index (χ0v) is 15.6. The summed E-state index contributed by atoms with van der Waals surface area (Å²) >= 11 is 0. The van der Waals surface area contributed by atoms with Crippen molar-refractivity contribution in [2.75, 3.05) is 20.2 Å². The molecule has 2 aromatic carbocycles. The maximum Gasteiger partial charge on any atom is 0.471 e. The molecule has 1 atom stereocenters. The Morgan fingerprint density at radius 2 is 2.00 bits per heavy atom. The van der Waals surface area contributed by atoms with E-state index in [9.17, 15) is 22.4 Å². The van der Waals surface area contributed by atoms with Crippen LogP contribution in [0.15, 0.2) is 36.4 Å². The molecule has 7 heteroatoms. The Kier molecular flexibility index (Phi) is 5.63. The fourth-order valence-electron chi connectivity index (χ4n) is 3.70. The number of hydrogen-bond donors (Lipinski definition) is 0. The van der Waals surface area contributed by atoms with E-state index in [2.05, 4.69) is 0 Å². The summed E-state index contributed by atoms with van der Waals surface area (Å²) in [5.74, 6) is -1.80. The molecule has 0 saturated heterocycles. The van der Waals surface area contributed by atoms with E-state index in [0.717, 1.165) is 27.2 Å². The van der Waals surface area contributed by atoms with Crippen molar-refractivity contribution in [3.8, 4) is 5.75 Å². The van der Waals surface area contributed by atoms with E-state index in [1.165, 1.54) is 19.2 Å². The first-order valence-corrected chi connectivity index (χ1v) is 8.99. The van der Waals surface area contributed by atoms with Crippen LogP contribution < -0.4 is 4.74 Å². The van der Waals surface area contributed by atoms with E-state index in [1.807, 2.05) is 12.1 Å². The molecule has 0 unspecified atom stereocenters. The van der Waals surface area contributed by atoms with Gasteiger partial charge in [0, 0.05) is 19.5 Å². The van der Waals surface area contributed by atoms with Crippen molar-refractivity contribution in [1.82, 2.24) is 4.90 Å². The van der Waals surface area contributed by atoms with E-state index in [-0.39, 0.29) is 24.8 Å². The number of carbonyl (C=O) groups is 1. The molecule has 1 heterocycles. The number of hydrogen-bond acceptors (Lipinski definition) is 2. The lowest BCUT2D eigenvalue weighted by molar-refractivity contribution is -0.185. The number of halogens is 4. The van der Waals surface area contributed by atoms with Crippen LogP contribution in [0.25, 0.3) is 0 Å². The summed E-state index contributed by atoms with van der Waals surface area (Å²) in [6.07, 6.45) is -4.12. The van der Waals surface area contributed by atoms with Crippen LogP contribution in [-0.2, 0) is 17.6 Å². The molecule has 28 heavy (non-hydrogen) atoms. The van der Waals surface area contributed by atoms with Gasteiger partial charge >= 0.3 is 12.1 Å². The molecule has 0 fully saturated rings. The number of methoxy groups -OCH3 is 1. The second kappa shape index (κ2) is 7.81. The minimum atomic E-state index is -4.88. The Balaban J connectivity index is 1.92. The lowest BCUT2D eigenvalue weighted by Crippen LogP contribution is -2.42. The monoisotopic (exact) mass is 395 g/mol. The Bertz CT molecular complexity index is 879. The molecule has 0 saturated carbocycles. The Morgan fingerprint density at radius 3 is 2.64 bits per heavy atom. The smallest absolute Gasteiger partial charge is 0.471 e. The first kappa shape index (κ1) is 20.2. The lowest BCUT2D eigenvalue weighted by Gasteiger charge is -2.24. The molecule has 0 spiro atoms. The van der Waals surface area contributed by atoms with Crippen LogP contribution in [0.3, 0.4) is 0 Å². The zero-order valence-electron chi connectivity index (χ0n) is 15.6. The topological polar surface area (TPSA) is 29.5 Å². The highest BCUT2D eigenvalue weighted by molar-refractivity contribution is 5.82. The number of alkyl halides is 3. The molecule has 0 aliphatic carbocycles. The predicted molar refractivity (Wildman–Crippen MR) is 97.0 cm³/mol. The number of carbonyl (C=O) groups excluding carboxylic acids is 1. The third-order valence-corrected chi connectivity index (χ3v) is 5.03. The average molecular weight is 395 g/mol. The SMILES string of the molecule is COc1cc2c(cc1Cc1cccc(F)c1)[C@H](C)CN(C(=O)C(F)(F)F)CC2. The van der Waals surface area contributed by atoms with Crippen molar-refractivity contribution in [2.45, 2.75) is 31.9 Å². The summed E-state index contributed by atoms with van der Waals surface area (Å²) in [6.45, 7) is 1.80. The lowest BCUT2D eigenvalue weighted by atomic mass is 9.91. The fourth-order valence-corrected chi connectivity index (χ4v) is 3.70. The number of amides is 1. The predicted octanol–water partition coefficient (Wildman–Crippen LogP) is 4.48. The first-order valence-electron chi connectivity index (χ1n) is 8.99. The van der Waals surface area contributed by atoms with Crippen molar-refractivity contribution in [3.63, 3.8) is 0 Å². The number of fused-ring (bicyclic) bond motifs is 1. The van der Waals surface area contributed by atoms with Gasteiger partial charge < -0.3 is 9.64 Å². The molecule has 3 rings (SSSR count). The van der Waals surface area contributed by atoms with Crippen LogP contribution in [0.5, 0.6) is 5.75 Å². The number of nitrogens with zero attached hydrogens (tertiary/aromatic N) is 1. The first-order chi connectivity index (χ1) is 13.2. The number of ether oxygens (including phenoxy) is 1. The Morgan fingerprint density at radius 1 is 1.25 bits per heavy atom. The Hall–Kier alpha value is -2.57. The van der Waals surface area contributed by atoms with Gasteiger partial charge in [0.1, 0.15) is 11.6 Å². The van der Waals surface area contributed by atoms with E-state index in [4.69, 9.17) is 4.74 Å². The van der Waals surface area contributed by atoms with Gasteiger partial charge in [-0.25, -0.2) is 4.39 Å². The zero-order chi connectivity index (χ0) is 20.5. The highest BCUT2D eigenvalue weighted by Gasteiger charge is 2.43. The van der Waals surface area contributed by atoms with Gasteiger partial charge in [-0.3, -0.25) is 4.79 Å². The van der Waals surface area contributed by atoms with Crippen molar-refractivity contribution in [1.29, 1.82) is 0 Å². The van der Waals surface area contributed by atoms with E-state index in [0.29, 0.717) is 18.6 Å². The van der Waals surface area contributed by atoms with Gasteiger partial charge in [0.15, 0.2) is 0 Å². The molecule has 1 aliphatic rings. The molecule has 0 radical (unpaired) electrons. The number of benzene rings is 2. The normalized spacial score (nSPS) is 17.1. The van der Waals surface area contributed by atoms with Gasteiger partial charge in [-0.05, 0) is 52.8 Å². The largest absolute Gasteiger partial charge is 0.496 e.